The van der Waals surface area contributed by atoms with E-state index in [1.807, 2.05) is 12.1 Å². The van der Waals surface area contributed by atoms with E-state index in [9.17, 15) is 4.79 Å². The smallest absolute Gasteiger partial charge is 0.236 e. The van der Waals surface area contributed by atoms with Crippen LogP contribution in [0.5, 0.6) is 5.75 Å². The van der Waals surface area contributed by atoms with Crippen LogP contribution in [0.4, 0.5) is 0 Å². The van der Waals surface area contributed by atoms with Gasteiger partial charge in [-0.2, -0.15) is 0 Å². The summed E-state index contributed by atoms with van der Waals surface area (Å²) in [6.07, 6.45) is 2.15. The second-order valence-corrected chi connectivity index (χ2v) is 4.05. The van der Waals surface area contributed by atoms with Crippen molar-refractivity contribution >= 4 is 5.91 Å². The first-order chi connectivity index (χ1) is 7.66. The van der Waals surface area contributed by atoms with Crippen molar-refractivity contribution in [3.8, 4) is 5.75 Å². The van der Waals surface area contributed by atoms with E-state index in [1.165, 1.54) is 11.1 Å². The van der Waals surface area contributed by atoms with E-state index in [2.05, 4.69) is 6.07 Å². The molecule has 2 N–H and O–H groups in total. The fourth-order valence-corrected chi connectivity index (χ4v) is 1.82. The van der Waals surface area contributed by atoms with Crippen molar-refractivity contribution in [1.82, 2.24) is 5.01 Å². The number of hydrazine groups is 1. The van der Waals surface area contributed by atoms with Crippen LogP contribution >= 0.6 is 0 Å². The van der Waals surface area contributed by atoms with Gasteiger partial charge in [0.2, 0.25) is 5.91 Å². The summed E-state index contributed by atoms with van der Waals surface area (Å²) in [5, 5.41) is 1.14. The van der Waals surface area contributed by atoms with Crippen LogP contribution in [-0.2, 0) is 17.6 Å². The zero-order valence-electron chi connectivity index (χ0n) is 9.40. The summed E-state index contributed by atoms with van der Waals surface area (Å²) in [4.78, 5) is 11.3. The average Bonchev–Trinajstić information content (AvgIpc) is 2.72. The Morgan fingerprint density at radius 3 is 3.12 bits per heavy atom. The van der Waals surface area contributed by atoms with Gasteiger partial charge in [0.25, 0.3) is 0 Å². The number of nitrogens with zero attached hydrogens (tertiary/aromatic N) is 1. The molecule has 0 saturated carbocycles. The Kier molecular flexibility index (Phi) is 3.10. The SMILES string of the molecule is CN(N)C(=O)CCc1ccc2c(c1)CCO2. The lowest BCUT2D eigenvalue weighted by molar-refractivity contribution is -0.130. The van der Waals surface area contributed by atoms with Crippen LogP contribution in [0.15, 0.2) is 18.2 Å². The molecular formula is C12H16N2O2. The molecule has 1 aromatic carbocycles. The average molecular weight is 220 g/mol. The first kappa shape index (κ1) is 11.0. The molecule has 0 fully saturated rings. The van der Waals surface area contributed by atoms with E-state index >= 15 is 0 Å². The molecule has 4 heteroatoms. The second-order valence-electron chi connectivity index (χ2n) is 4.05. The van der Waals surface area contributed by atoms with E-state index in [4.69, 9.17) is 10.6 Å². The first-order valence-electron chi connectivity index (χ1n) is 5.42. The van der Waals surface area contributed by atoms with Gasteiger partial charge in [0, 0.05) is 19.9 Å². The molecule has 0 aliphatic carbocycles. The standard InChI is InChI=1S/C12H16N2O2/c1-14(13)12(15)5-3-9-2-4-11-10(8-9)6-7-16-11/h2,4,8H,3,5-7,13H2,1H3. The van der Waals surface area contributed by atoms with Gasteiger partial charge in [-0.1, -0.05) is 12.1 Å². The molecule has 0 radical (unpaired) electrons. The largest absolute Gasteiger partial charge is 0.493 e. The highest BCUT2D eigenvalue weighted by Gasteiger charge is 2.12. The molecular weight excluding hydrogens is 204 g/mol. The molecule has 0 unspecified atom stereocenters. The van der Waals surface area contributed by atoms with Gasteiger partial charge in [0.15, 0.2) is 0 Å². The molecule has 0 bridgehead atoms. The second kappa shape index (κ2) is 4.53. The third-order valence-electron chi connectivity index (χ3n) is 2.77. The number of aryl methyl sites for hydroxylation is 1. The third kappa shape index (κ3) is 2.33. The van der Waals surface area contributed by atoms with Crippen LogP contribution in [0.2, 0.25) is 0 Å². The van der Waals surface area contributed by atoms with Gasteiger partial charge in [0.1, 0.15) is 5.75 Å². The van der Waals surface area contributed by atoms with Gasteiger partial charge in [-0.15, -0.1) is 0 Å². The molecule has 1 heterocycles. The van der Waals surface area contributed by atoms with Gasteiger partial charge in [-0.3, -0.25) is 9.80 Å². The number of nitrogens with two attached hydrogens (primary N) is 1. The summed E-state index contributed by atoms with van der Waals surface area (Å²) in [5.41, 5.74) is 2.41. The lowest BCUT2D eigenvalue weighted by Gasteiger charge is -2.09. The Hall–Kier alpha value is -1.55. The summed E-state index contributed by atoms with van der Waals surface area (Å²) in [7, 11) is 1.57. The fourth-order valence-electron chi connectivity index (χ4n) is 1.82. The van der Waals surface area contributed by atoms with Crippen molar-refractivity contribution in [1.29, 1.82) is 0 Å². The molecule has 16 heavy (non-hydrogen) atoms. The Bertz CT molecular complexity index is 402. The highest BCUT2D eigenvalue weighted by atomic mass is 16.5. The predicted octanol–water partition coefficient (Wildman–Crippen LogP) is 0.886. The van der Waals surface area contributed by atoms with Crippen LogP contribution in [0.3, 0.4) is 0 Å². The molecule has 1 aromatic rings. The number of carbonyl (C=O) groups excluding carboxylic acids is 1. The summed E-state index contributed by atoms with van der Waals surface area (Å²) < 4.78 is 5.42. The lowest BCUT2D eigenvalue weighted by Crippen LogP contribution is -2.33. The first-order valence-corrected chi connectivity index (χ1v) is 5.42. The van der Waals surface area contributed by atoms with E-state index in [0.717, 1.165) is 30.2 Å². The zero-order chi connectivity index (χ0) is 11.5. The Morgan fingerprint density at radius 1 is 1.56 bits per heavy atom. The number of carbonyl (C=O) groups is 1. The molecule has 0 spiro atoms. The van der Waals surface area contributed by atoms with E-state index < -0.39 is 0 Å². The zero-order valence-corrected chi connectivity index (χ0v) is 9.40. The molecule has 0 atom stereocenters. The van der Waals surface area contributed by atoms with Crippen molar-refractivity contribution in [2.75, 3.05) is 13.7 Å². The van der Waals surface area contributed by atoms with Crippen LogP contribution < -0.4 is 10.6 Å². The molecule has 1 aliphatic rings. The number of hydrogen-bond acceptors (Lipinski definition) is 3. The van der Waals surface area contributed by atoms with E-state index in [0.29, 0.717) is 6.42 Å². The number of benzene rings is 1. The van der Waals surface area contributed by atoms with Crippen molar-refractivity contribution in [3.63, 3.8) is 0 Å². The van der Waals surface area contributed by atoms with Crippen molar-refractivity contribution < 1.29 is 9.53 Å². The maximum Gasteiger partial charge on any atom is 0.236 e. The van der Waals surface area contributed by atoms with E-state index in [1.54, 1.807) is 7.05 Å². The third-order valence-corrected chi connectivity index (χ3v) is 2.77. The molecule has 2 rings (SSSR count). The Labute approximate surface area is 95.0 Å². The highest BCUT2D eigenvalue weighted by Crippen LogP contribution is 2.26. The topological polar surface area (TPSA) is 55.6 Å². The van der Waals surface area contributed by atoms with Gasteiger partial charge >= 0.3 is 0 Å². The summed E-state index contributed by atoms with van der Waals surface area (Å²) in [6, 6.07) is 6.11. The number of fused-ring (bicyclic) bond motifs is 1. The van der Waals surface area contributed by atoms with Crippen LogP contribution in [0.25, 0.3) is 0 Å². The highest BCUT2D eigenvalue weighted by molar-refractivity contribution is 5.75. The van der Waals surface area contributed by atoms with Crippen LogP contribution in [-0.4, -0.2) is 24.6 Å². The molecule has 0 aromatic heterocycles. The van der Waals surface area contributed by atoms with Gasteiger partial charge in [-0.25, -0.2) is 5.84 Å². The van der Waals surface area contributed by atoms with Gasteiger partial charge in [0.05, 0.1) is 6.61 Å². The summed E-state index contributed by atoms with van der Waals surface area (Å²) in [6.45, 7) is 0.767. The molecule has 1 amide bonds. The minimum atomic E-state index is -0.0447. The number of hydrogen-bond donors (Lipinski definition) is 1. The number of rotatable bonds is 3. The lowest BCUT2D eigenvalue weighted by atomic mass is 10.0. The minimum absolute atomic E-state index is 0.0447. The maximum absolute atomic E-state index is 11.3. The normalized spacial score (nSPS) is 13.1. The Morgan fingerprint density at radius 2 is 2.38 bits per heavy atom. The maximum atomic E-state index is 11.3. The van der Waals surface area contributed by atoms with Crippen molar-refractivity contribution in [3.05, 3.63) is 29.3 Å². The number of ether oxygens (including phenoxy) is 1. The Balaban J connectivity index is 1.98. The summed E-state index contributed by atoms with van der Waals surface area (Å²) >= 11 is 0. The van der Waals surface area contributed by atoms with Gasteiger partial charge < -0.3 is 4.74 Å². The fraction of sp³-hybridized carbons (Fsp3) is 0.417. The monoisotopic (exact) mass is 220 g/mol. The van der Waals surface area contributed by atoms with Gasteiger partial charge in [-0.05, 0) is 23.6 Å². The van der Waals surface area contributed by atoms with Crippen molar-refractivity contribution in [2.24, 2.45) is 5.84 Å². The predicted molar refractivity (Wildman–Crippen MR) is 60.9 cm³/mol. The summed E-state index contributed by atoms with van der Waals surface area (Å²) in [5.74, 6) is 6.29. The molecule has 86 valence electrons. The quantitative estimate of drug-likeness (QED) is 0.467. The van der Waals surface area contributed by atoms with E-state index in [-0.39, 0.29) is 5.91 Å². The number of amides is 1. The van der Waals surface area contributed by atoms with Crippen LogP contribution in [0.1, 0.15) is 17.5 Å². The minimum Gasteiger partial charge on any atom is -0.493 e. The molecule has 1 aliphatic heterocycles. The van der Waals surface area contributed by atoms with Crippen molar-refractivity contribution in [2.45, 2.75) is 19.3 Å². The molecule has 4 nitrogen and oxygen atoms in total. The molecule has 0 saturated heterocycles. The van der Waals surface area contributed by atoms with Crippen LogP contribution in [0, 0.1) is 0 Å².